The lowest BCUT2D eigenvalue weighted by Gasteiger charge is -2.45. The van der Waals surface area contributed by atoms with Crippen LogP contribution in [0.5, 0.6) is 0 Å². The van der Waals surface area contributed by atoms with Crippen LogP contribution in [0.1, 0.15) is 39.0 Å². The first-order valence-electron chi connectivity index (χ1n) is 7.16. The summed E-state index contributed by atoms with van der Waals surface area (Å²) in [4.78, 5) is 2.64. The predicted octanol–water partition coefficient (Wildman–Crippen LogP) is 2.59. The van der Waals surface area contributed by atoms with E-state index in [1.165, 1.54) is 44.4 Å². The van der Waals surface area contributed by atoms with Crippen molar-refractivity contribution in [1.29, 1.82) is 0 Å². The van der Waals surface area contributed by atoms with E-state index in [1.807, 2.05) is 11.8 Å². The van der Waals surface area contributed by atoms with Crippen LogP contribution in [0.15, 0.2) is 0 Å². The molecule has 0 heterocycles. The minimum absolute atomic E-state index is 0.746. The second kappa shape index (κ2) is 6.44. The second-order valence-corrected chi connectivity index (χ2v) is 6.87. The molecule has 2 aliphatic rings. The first-order chi connectivity index (χ1) is 8.22. The topological polar surface area (TPSA) is 15.3 Å². The molecule has 100 valence electrons. The fourth-order valence-corrected chi connectivity index (χ4v) is 3.33. The Hall–Kier alpha value is 0.270. The number of nitrogens with zero attached hydrogens (tertiary/aromatic N) is 1. The average Bonchev–Trinajstić information content (AvgIpc) is 3.08. The third-order valence-corrected chi connectivity index (χ3v) is 5.23. The molecule has 0 bridgehead atoms. The van der Waals surface area contributed by atoms with Gasteiger partial charge in [-0.05, 0) is 70.5 Å². The van der Waals surface area contributed by atoms with Crippen molar-refractivity contribution in [1.82, 2.24) is 10.2 Å². The van der Waals surface area contributed by atoms with Crippen molar-refractivity contribution < 1.29 is 0 Å². The Morgan fingerprint density at radius 1 is 1.29 bits per heavy atom. The smallest absolute Gasteiger partial charge is 0.0135 e. The van der Waals surface area contributed by atoms with Gasteiger partial charge >= 0.3 is 0 Å². The monoisotopic (exact) mass is 256 g/mol. The maximum atomic E-state index is 3.69. The first kappa shape index (κ1) is 13.7. The van der Waals surface area contributed by atoms with Gasteiger partial charge in [0.1, 0.15) is 0 Å². The zero-order chi connectivity index (χ0) is 12.3. The zero-order valence-corrected chi connectivity index (χ0v) is 12.4. The van der Waals surface area contributed by atoms with Gasteiger partial charge in [0.15, 0.2) is 0 Å². The molecule has 0 aromatic heterocycles. The van der Waals surface area contributed by atoms with Crippen molar-refractivity contribution in [3.05, 3.63) is 0 Å². The van der Waals surface area contributed by atoms with Crippen LogP contribution >= 0.6 is 11.8 Å². The van der Waals surface area contributed by atoms with E-state index in [1.54, 1.807) is 0 Å². The molecular weight excluding hydrogens is 228 g/mol. The highest BCUT2D eigenvalue weighted by molar-refractivity contribution is 7.98. The Morgan fingerprint density at radius 2 is 2.06 bits per heavy atom. The summed E-state index contributed by atoms with van der Waals surface area (Å²) >= 11 is 1.97. The molecule has 1 N–H and O–H groups in total. The molecule has 3 unspecified atom stereocenters. The lowest BCUT2D eigenvalue weighted by Crippen LogP contribution is -2.52. The molecule has 0 radical (unpaired) electrons. The maximum Gasteiger partial charge on any atom is 0.0135 e. The second-order valence-electron chi connectivity index (χ2n) is 5.88. The normalized spacial score (nSPS) is 30.4. The Balaban J connectivity index is 1.68. The Morgan fingerprint density at radius 3 is 2.59 bits per heavy atom. The Bertz CT molecular complexity index is 230. The van der Waals surface area contributed by atoms with Crippen LogP contribution in [-0.4, -0.2) is 48.6 Å². The molecule has 2 rings (SSSR count). The van der Waals surface area contributed by atoms with E-state index in [4.69, 9.17) is 0 Å². The molecule has 0 saturated heterocycles. The van der Waals surface area contributed by atoms with Gasteiger partial charge in [-0.1, -0.05) is 0 Å². The number of thioether (sulfide) groups is 1. The fraction of sp³-hybridized carbons (Fsp3) is 1.00. The molecule has 2 aliphatic carbocycles. The van der Waals surface area contributed by atoms with E-state index in [0.717, 1.165) is 24.0 Å². The molecule has 17 heavy (non-hydrogen) atoms. The summed E-state index contributed by atoms with van der Waals surface area (Å²) in [6.45, 7) is 3.65. The highest BCUT2D eigenvalue weighted by Gasteiger charge is 2.36. The number of hydrogen-bond acceptors (Lipinski definition) is 3. The lowest BCUT2D eigenvalue weighted by molar-refractivity contribution is 0.0542. The van der Waals surface area contributed by atoms with E-state index in [9.17, 15) is 0 Å². The van der Waals surface area contributed by atoms with Crippen molar-refractivity contribution in [3.63, 3.8) is 0 Å². The molecule has 0 aromatic rings. The standard InChI is InChI=1S/C14H28N2S/c1-11(8-9-17-3)16(2)14-7-4-12(14)10-15-13-5-6-13/h11-15H,4-10H2,1-3H3. The maximum absolute atomic E-state index is 3.69. The van der Waals surface area contributed by atoms with Gasteiger partial charge in [0, 0.05) is 18.1 Å². The van der Waals surface area contributed by atoms with Gasteiger partial charge in [-0.15, -0.1) is 0 Å². The molecule has 2 fully saturated rings. The van der Waals surface area contributed by atoms with Gasteiger partial charge in [0.2, 0.25) is 0 Å². The van der Waals surface area contributed by atoms with Crippen LogP contribution in [0, 0.1) is 5.92 Å². The van der Waals surface area contributed by atoms with Crippen molar-refractivity contribution >= 4 is 11.8 Å². The summed E-state index contributed by atoms with van der Waals surface area (Å²) in [7, 11) is 2.33. The van der Waals surface area contributed by atoms with Gasteiger partial charge in [0.25, 0.3) is 0 Å². The van der Waals surface area contributed by atoms with E-state index in [-0.39, 0.29) is 0 Å². The molecular formula is C14H28N2S. The highest BCUT2D eigenvalue weighted by atomic mass is 32.2. The Kier molecular flexibility index (Phi) is 5.19. The van der Waals surface area contributed by atoms with E-state index in [2.05, 4.69) is 30.4 Å². The summed E-state index contributed by atoms with van der Waals surface area (Å²) in [6.07, 6.45) is 9.21. The van der Waals surface area contributed by atoms with Crippen LogP contribution in [0.4, 0.5) is 0 Å². The molecule has 2 saturated carbocycles. The van der Waals surface area contributed by atoms with E-state index < -0.39 is 0 Å². The summed E-state index contributed by atoms with van der Waals surface area (Å²) in [6, 6.07) is 2.46. The van der Waals surface area contributed by atoms with E-state index in [0.29, 0.717) is 0 Å². The van der Waals surface area contributed by atoms with E-state index >= 15 is 0 Å². The van der Waals surface area contributed by atoms with Gasteiger partial charge in [-0.3, -0.25) is 0 Å². The average molecular weight is 256 g/mol. The number of hydrogen-bond donors (Lipinski definition) is 1. The van der Waals surface area contributed by atoms with Gasteiger partial charge in [-0.25, -0.2) is 0 Å². The minimum Gasteiger partial charge on any atom is -0.314 e. The summed E-state index contributed by atoms with van der Waals surface area (Å²) in [5, 5.41) is 3.69. The zero-order valence-electron chi connectivity index (χ0n) is 11.6. The largest absolute Gasteiger partial charge is 0.314 e. The molecule has 0 spiro atoms. The Labute approximate surface area is 111 Å². The van der Waals surface area contributed by atoms with Crippen LogP contribution in [-0.2, 0) is 0 Å². The van der Waals surface area contributed by atoms with Crippen molar-refractivity contribution in [2.75, 3.05) is 25.6 Å². The number of rotatable bonds is 8. The van der Waals surface area contributed by atoms with Gasteiger partial charge in [0.05, 0.1) is 0 Å². The fourth-order valence-electron chi connectivity index (χ4n) is 2.75. The highest BCUT2D eigenvalue weighted by Crippen LogP contribution is 2.33. The van der Waals surface area contributed by atoms with Crippen molar-refractivity contribution in [2.24, 2.45) is 5.92 Å². The third-order valence-electron chi connectivity index (χ3n) is 4.58. The SMILES string of the molecule is CSCCC(C)N(C)C1CCC1CNC1CC1. The summed E-state index contributed by atoms with van der Waals surface area (Å²) < 4.78 is 0. The molecule has 3 atom stereocenters. The summed E-state index contributed by atoms with van der Waals surface area (Å²) in [5.41, 5.74) is 0. The summed E-state index contributed by atoms with van der Waals surface area (Å²) in [5.74, 6) is 2.21. The molecule has 0 amide bonds. The van der Waals surface area contributed by atoms with Crippen LogP contribution in [0.25, 0.3) is 0 Å². The predicted molar refractivity (Wildman–Crippen MR) is 77.8 cm³/mol. The van der Waals surface area contributed by atoms with Crippen LogP contribution in [0.2, 0.25) is 0 Å². The van der Waals surface area contributed by atoms with Crippen LogP contribution < -0.4 is 5.32 Å². The molecule has 0 aliphatic heterocycles. The molecule has 2 nitrogen and oxygen atoms in total. The van der Waals surface area contributed by atoms with Crippen LogP contribution in [0.3, 0.4) is 0 Å². The first-order valence-corrected chi connectivity index (χ1v) is 8.56. The quantitative estimate of drug-likeness (QED) is 0.718. The number of nitrogens with one attached hydrogen (secondary N) is 1. The van der Waals surface area contributed by atoms with Crippen molar-refractivity contribution in [2.45, 2.75) is 57.2 Å². The minimum atomic E-state index is 0.746. The molecule has 0 aromatic carbocycles. The lowest BCUT2D eigenvalue weighted by atomic mass is 9.78. The third kappa shape index (κ3) is 3.87. The van der Waals surface area contributed by atoms with Gasteiger partial charge in [-0.2, -0.15) is 11.8 Å². The van der Waals surface area contributed by atoms with Crippen molar-refractivity contribution in [3.8, 4) is 0 Å². The van der Waals surface area contributed by atoms with Gasteiger partial charge < -0.3 is 10.2 Å². The molecule has 3 heteroatoms.